The second-order valence-corrected chi connectivity index (χ2v) is 2.62. The van der Waals surface area contributed by atoms with Gasteiger partial charge in [0, 0.05) is 0 Å². The molecule has 3 heteroatoms. The molecule has 1 aliphatic carbocycles. The Morgan fingerprint density at radius 2 is 1.67 bits per heavy atom. The van der Waals surface area contributed by atoms with Crippen molar-refractivity contribution in [2.75, 3.05) is 0 Å². The molecule has 0 aromatic carbocycles. The third-order valence-electron chi connectivity index (χ3n) is 1.46. The number of aliphatic hydroxyl groups is 1. The molecule has 0 heterocycles. The Morgan fingerprint density at radius 1 is 1.25 bits per heavy atom. The molecule has 70 valence electrons. The normalized spacial score (nSPS) is 22.2. The molecule has 1 rings (SSSR count). The number of hydrogen-bond acceptors (Lipinski definition) is 1. The molecular formula is C9H14F2O. The zero-order chi connectivity index (χ0) is 9.83. The zero-order valence-corrected chi connectivity index (χ0v) is 7.62. The summed E-state index contributed by atoms with van der Waals surface area (Å²) in [5.41, 5.74) is -1.40. The maximum absolute atomic E-state index is 12.1. The summed E-state index contributed by atoms with van der Waals surface area (Å²) in [5, 5.41) is 9.09. The first-order valence-electron chi connectivity index (χ1n) is 4.02. The van der Waals surface area contributed by atoms with E-state index in [4.69, 9.17) is 5.11 Å². The molecule has 0 spiro atoms. The van der Waals surface area contributed by atoms with Gasteiger partial charge in [-0.3, -0.25) is 0 Å². The number of hydrogen-bond donors (Lipinski definition) is 1. The van der Waals surface area contributed by atoms with Gasteiger partial charge < -0.3 is 5.11 Å². The Balaban J connectivity index is 0.000000561. The SMILES string of the molecule is CC.CC#CC1(O)CC(F)(F)C1. The predicted octanol–water partition coefficient (Wildman–Crippen LogP) is 2.20. The molecule has 0 atom stereocenters. The molecule has 12 heavy (non-hydrogen) atoms. The third-order valence-corrected chi connectivity index (χ3v) is 1.46. The van der Waals surface area contributed by atoms with Crippen LogP contribution >= 0.6 is 0 Å². The van der Waals surface area contributed by atoms with Crippen LogP contribution in [0.3, 0.4) is 0 Å². The fourth-order valence-corrected chi connectivity index (χ4v) is 1.13. The summed E-state index contributed by atoms with van der Waals surface area (Å²) >= 11 is 0. The highest BCUT2D eigenvalue weighted by Gasteiger charge is 2.55. The largest absolute Gasteiger partial charge is 0.377 e. The van der Waals surface area contributed by atoms with E-state index >= 15 is 0 Å². The van der Waals surface area contributed by atoms with Gasteiger partial charge in [-0.05, 0) is 6.92 Å². The van der Waals surface area contributed by atoms with Gasteiger partial charge in [-0.2, -0.15) is 0 Å². The lowest BCUT2D eigenvalue weighted by Crippen LogP contribution is -2.50. The lowest BCUT2D eigenvalue weighted by molar-refractivity contribution is -0.176. The average molecular weight is 176 g/mol. The molecule has 0 unspecified atom stereocenters. The van der Waals surface area contributed by atoms with Crippen molar-refractivity contribution in [3.8, 4) is 11.8 Å². The van der Waals surface area contributed by atoms with Crippen molar-refractivity contribution in [1.29, 1.82) is 0 Å². The van der Waals surface area contributed by atoms with Gasteiger partial charge in [0.15, 0.2) is 0 Å². The molecule has 0 radical (unpaired) electrons. The molecule has 0 aromatic heterocycles. The van der Waals surface area contributed by atoms with Crippen LogP contribution in [-0.2, 0) is 0 Å². The fourth-order valence-electron chi connectivity index (χ4n) is 1.13. The second-order valence-electron chi connectivity index (χ2n) is 2.62. The maximum Gasteiger partial charge on any atom is 0.255 e. The van der Waals surface area contributed by atoms with Crippen molar-refractivity contribution in [2.24, 2.45) is 0 Å². The summed E-state index contributed by atoms with van der Waals surface area (Å²) < 4.78 is 24.3. The van der Waals surface area contributed by atoms with Gasteiger partial charge in [0.2, 0.25) is 0 Å². The van der Waals surface area contributed by atoms with Crippen molar-refractivity contribution in [3.05, 3.63) is 0 Å². The van der Waals surface area contributed by atoms with E-state index in [9.17, 15) is 8.78 Å². The van der Waals surface area contributed by atoms with Crippen LogP contribution in [-0.4, -0.2) is 16.6 Å². The Kier molecular flexibility index (Phi) is 3.66. The molecule has 0 amide bonds. The third kappa shape index (κ3) is 2.78. The van der Waals surface area contributed by atoms with E-state index in [0.717, 1.165) is 0 Å². The quantitative estimate of drug-likeness (QED) is 0.561. The molecule has 1 nitrogen and oxygen atoms in total. The van der Waals surface area contributed by atoms with Crippen molar-refractivity contribution >= 4 is 0 Å². The molecule has 1 aliphatic rings. The summed E-state index contributed by atoms with van der Waals surface area (Å²) in [6, 6.07) is 0. The highest BCUT2D eigenvalue weighted by atomic mass is 19.3. The lowest BCUT2D eigenvalue weighted by atomic mass is 9.77. The van der Waals surface area contributed by atoms with Gasteiger partial charge in [0.1, 0.15) is 5.60 Å². The number of alkyl halides is 2. The molecule has 1 N–H and O–H groups in total. The Bertz CT molecular complexity index is 192. The van der Waals surface area contributed by atoms with E-state index in [1.165, 1.54) is 6.92 Å². The average Bonchev–Trinajstić information content (AvgIpc) is 1.87. The Morgan fingerprint density at radius 3 is 1.92 bits per heavy atom. The van der Waals surface area contributed by atoms with Crippen molar-refractivity contribution in [2.45, 2.75) is 45.1 Å². The minimum atomic E-state index is -2.70. The molecule has 0 aromatic rings. The Labute approximate surface area is 71.8 Å². The minimum absolute atomic E-state index is 0.513. The summed E-state index contributed by atoms with van der Waals surface area (Å²) in [5.74, 6) is 2.06. The highest BCUT2D eigenvalue weighted by Crippen LogP contribution is 2.44. The second kappa shape index (κ2) is 3.86. The first-order chi connectivity index (χ1) is 5.47. The van der Waals surface area contributed by atoms with Gasteiger partial charge in [-0.1, -0.05) is 19.8 Å². The Hall–Kier alpha value is -0.620. The van der Waals surface area contributed by atoms with Crippen molar-refractivity contribution < 1.29 is 13.9 Å². The summed E-state index contributed by atoms with van der Waals surface area (Å²) in [4.78, 5) is 0. The van der Waals surface area contributed by atoms with E-state index < -0.39 is 24.4 Å². The van der Waals surface area contributed by atoms with E-state index in [1.807, 2.05) is 13.8 Å². The molecule has 0 aliphatic heterocycles. The number of halogens is 2. The van der Waals surface area contributed by atoms with Crippen molar-refractivity contribution in [1.82, 2.24) is 0 Å². The molecule has 1 fully saturated rings. The zero-order valence-electron chi connectivity index (χ0n) is 7.62. The highest BCUT2D eigenvalue weighted by molar-refractivity contribution is 5.20. The van der Waals surface area contributed by atoms with Crippen LogP contribution in [0.4, 0.5) is 8.78 Å². The van der Waals surface area contributed by atoms with Crippen LogP contribution in [0.1, 0.15) is 33.6 Å². The summed E-state index contributed by atoms with van der Waals surface area (Å²) in [6.45, 7) is 5.52. The van der Waals surface area contributed by atoms with E-state index in [2.05, 4.69) is 11.8 Å². The standard InChI is InChI=1S/C7H8F2O.C2H6/c1-2-3-6(10)4-7(8,9)5-6;1-2/h10H,4-5H2,1H3;1-2H3. The first kappa shape index (κ1) is 11.4. The van der Waals surface area contributed by atoms with Crippen LogP contribution in [0, 0.1) is 11.8 Å². The molecule has 0 bridgehead atoms. The first-order valence-corrected chi connectivity index (χ1v) is 4.02. The van der Waals surface area contributed by atoms with Crippen LogP contribution in [0.25, 0.3) is 0 Å². The van der Waals surface area contributed by atoms with E-state index in [1.54, 1.807) is 0 Å². The monoisotopic (exact) mass is 176 g/mol. The molecule has 0 saturated heterocycles. The summed E-state index contributed by atoms with van der Waals surface area (Å²) in [6.07, 6.45) is -1.03. The van der Waals surface area contributed by atoms with Gasteiger partial charge in [0.25, 0.3) is 5.92 Å². The van der Waals surface area contributed by atoms with Gasteiger partial charge >= 0.3 is 0 Å². The van der Waals surface area contributed by atoms with Crippen LogP contribution in [0.15, 0.2) is 0 Å². The minimum Gasteiger partial charge on any atom is -0.377 e. The van der Waals surface area contributed by atoms with Gasteiger partial charge in [0.05, 0.1) is 12.8 Å². The topological polar surface area (TPSA) is 20.2 Å². The maximum atomic E-state index is 12.1. The van der Waals surface area contributed by atoms with Crippen molar-refractivity contribution in [3.63, 3.8) is 0 Å². The molecular weight excluding hydrogens is 162 g/mol. The summed E-state index contributed by atoms with van der Waals surface area (Å²) in [7, 11) is 0. The van der Waals surface area contributed by atoms with Crippen LogP contribution in [0.2, 0.25) is 0 Å². The van der Waals surface area contributed by atoms with E-state index in [0.29, 0.717) is 0 Å². The lowest BCUT2D eigenvalue weighted by Gasteiger charge is -2.39. The van der Waals surface area contributed by atoms with Gasteiger partial charge in [-0.25, -0.2) is 8.78 Å². The van der Waals surface area contributed by atoms with Gasteiger partial charge in [-0.15, -0.1) is 5.92 Å². The van der Waals surface area contributed by atoms with Crippen LogP contribution in [0.5, 0.6) is 0 Å². The fraction of sp³-hybridized carbons (Fsp3) is 0.778. The van der Waals surface area contributed by atoms with E-state index in [-0.39, 0.29) is 0 Å². The molecule has 1 saturated carbocycles. The van der Waals surface area contributed by atoms with Crippen LogP contribution < -0.4 is 0 Å². The predicted molar refractivity (Wildman–Crippen MR) is 43.9 cm³/mol. The number of rotatable bonds is 0. The smallest absolute Gasteiger partial charge is 0.255 e.